The van der Waals surface area contributed by atoms with E-state index >= 15 is 0 Å². The van der Waals surface area contributed by atoms with E-state index in [-0.39, 0.29) is 0 Å². The second-order valence-corrected chi connectivity index (χ2v) is 25.3. The molecule has 0 amide bonds. The number of hydrogen-bond acceptors (Lipinski definition) is 3. The topological polar surface area (TPSA) is 27.7 Å². The average Bonchev–Trinajstić information content (AvgIpc) is 2.73. The van der Waals surface area contributed by atoms with E-state index in [1.807, 2.05) is 7.11 Å². The predicted octanol–water partition coefficient (Wildman–Crippen LogP) is 9.76. The molecule has 0 aliphatic rings. The van der Waals surface area contributed by atoms with Crippen LogP contribution in [-0.2, 0) is 13.3 Å². The summed E-state index contributed by atoms with van der Waals surface area (Å²) in [6.45, 7) is 18.4. The zero-order valence-electron chi connectivity index (χ0n) is 24.2. The maximum Gasteiger partial charge on any atom is 0.186 e. The Hall–Kier alpha value is 0.531. The normalized spacial score (nSPS) is 13.1. The third-order valence-corrected chi connectivity index (χ3v) is 17.1. The second-order valence-electron chi connectivity index (χ2n) is 12.0. The predicted molar refractivity (Wildman–Crippen MR) is 156 cm³/mol. The van der Waals surface area contributed by atoms with Crippen LogP contribution < -0.4 is 0 Å². The Kier molecular flexibility index (Phi) is 20.0. The molecule has 0 bridgehead atoms. The van der Waals surface area contributed by atoms with Crippen molar-refractivity contribution in [2.45, 2.75) is 154 Å². The van der Waals surface area contributed by atoms with Crippen LogP contribution >= 0.6 is 0 Å². The molecular weight excluding hydrogens is 457 g/mol. The molecule has 0 aliphatic carbocycles. The fourth-order valence-electron chi connectivity index (χ4n) is 4.72. The number of ether oxygens (including phenoxy) is 1. The van der Waals surface area contributed by atoms with Crippen molar-refractivity contribution in [3.8, 4) is 0 Å². The standard InChI is InChI=1S/C27H62O3Si3/c1-9-29-24-20-16-12-10-11-13-18-22-26-32(5,6)30-33(7,8)27-23-19-15-14-17-21-25-31(3,4)28-2/h9-27H2,1-8H3. The Bertz CT molecular complexity index is 442. The molecule has 0 aromatic carbocycles. The van der Waals surface area contributed by atoms with Crippen molar-refractivity contribution in [1.82, 2.24) is 0 Å². The Balaban J connectivity index is 3.72. The number of rotatable bonds is 24. The van der Waals surface area contributed by atoms with Crippen molar-refractivity contribution in [3.63, 3.8) is 0 Å². The van der Waals surface area contributed by atoms with Crippen molar-refractivity contribution >= 4 is 25.0 Å². The van der Waals surface area contributed by atoms with E-state index in [0.29, 0.717) is 0 Å². The minimum absolute atomic E-state index is 0.860. The van der Waals surface area contributed by atoms with Crippen LogP contribution in [0.1, 0.15) is 96.8 Å². The molecule has 0 aromatic rings. The maximum absolute atomic E-state index is 6.87. The van der Waals surface area contributed by atoms with E-state index < -0.39 is 25.0 Å². The van der Waals surface area contributed by atoms with Gasteiger partial charge in [0, 0.05) is 20.3 Å². The van der Waals surface area contributed by atoms with E-state index in [2.05, 4.69) is 46.2 Å². The van der Waals surface area contributed by atoms with E-state index in [4.69, 9.17) is 13.3 Å². The first-order chi connectivity index (χ1) is 15.5. The minimum Gasteiger partial charge on any atom is -0.455 e. The van der Waals surface area contributed by atoms with Gasteiger partial charge in [-0.3, -0.25) is 0 Å². The van der Waals surface area contributed by atoms with Crippen LogP contribution in [0.2, 0.25) is 57.4 Å². The van der Waals surface area contributed by atoms with Crippen molar-refractivity contribution in [2.75, 3.05) is 20.3 Å². The van der Waals surface area contributed by atoms with Gasteiger partial charge in [-0.25, -0.2) is 0 Å². The number of unbranched alkanes of at least 4 members (excludes halogenated alkanes) is 12. The molecule has 0 fully saturated rings. The van der Waals surface area contributed by atoms with Crippen LogP contribution in [0.25, 0.3) is 0 Å². The van der Waals surface area contributed by atoms with Gasteiger partial charge in [-0.2, -0.15) is 0 Å². The number of hydrogen-bond donors (Lipinski definition) is 0. The van der Waals surface area contributed by atoms with Gasteiger partial charge in [-0.1, -0.05) is 83.5 Å². The Morgan fingerprint density at radius 1 is 0.455 bits per heavy atom. The van der Waals surface area contributed by atoms with Crippen LogP contribution in [-0.4, -0.2) is 45.3 Å². The summed E-state index contributed by atoms with van der Waals surface area (Å²) in [6, 6.07) is 4.00. The highest BCUT2D eigenvalue weighted by atomic mass is 28.4. The van der Waals surface area contributed by atoms with E-state index in [0.717, 1.165) is 13.2 Å². The van der Waals surface area contributed by atoms with Crippen molar-refractivity contribution in [2.24, 2.45) is 0 Å². The Morgan fingerprint density at radius 2 is 0.788 bits per heavy atom. The van der Waals surface area contributed by atoms with E-state index in [9.17, 15) is 0 Å². The summed E-state index contributed by atoms with van der Waals surface area (Å²) in [5, 5.41) is 0. The zero-order valence-corrected chi connectivity index (χ0v) is 27.2. The summed E-state index contributed by atoms with van der Waals surface area (Å²) in [7, 11) is -2.45. The molecule has 0 aromatic heterocycles. The second kappa shape index (κ2) is 19.7. The average molecular weight is 519 g/mol. The van der Waals surface area contributed by atoms with Gasteiger partial charge in [0.05, 0.1) is 0 Å². The lowest BCUT2D eigenvalue weighted by Crippen LogP contribution is -2.44. The van der Waals surface area contributed by atoms with Gasteiger partial charge in [0.1, 0.15) is 0 Å². The fraction of sp³-hybridized carbons (Fsp3) is 1.00. The molecule has 0 aliphatic heterocycles. The summed E-state index contributed by atoms with van der Waals surface area (Å²) in [6.07, 6.45) is 19.2. The first kappa shape index (κ1) is 33.5. The van der Waals surface area contributed by atoms with Crippen molar-refractivity contribution in [3.05, 3.63) is 0 Å². The van der Waals surface area contributed by atoms with Gasteiger partial charge in [0.15, 0.2) is 25.0 Å². The first-order valence-corrected chi connectivity index (χ1v) is 23.7. The summed E-state index contributed by atoms with van der Waals surface area (Å²) in [4.78, 5) is 0. The Morgan fingerprint density at radius 3 is 1.15 bits per heavy atom. The molecule has 0 heterocycles. The smallest absolute Gasteiger partial charge is 0.186 e. The van der Waals surface area contributed by atoms with Crippen molar-refractivity contribution in [1.29, 1.82) is 0 Å². The molecule has 6 heteroatoms. The molecule has 0 radical (unpaired) electrons. The highest BCUT2D eigenvalue weighted by Crippen LogP contribution is 2.26. The fourth-order valence-corrected chi connectivity index (χ4v) is 15.0. The van der Waals surface area contributed by atoms with Gasteiger partial charge in [0.2, 0.25) is 0 Å². The van der Waals surface area contributed by atoms with Crippen LogP contribution in [0.3, 0.4) is 0 Å². The largest absolute Gasteiger partial charge is 0.455 e. The molecule has 3 nitrogen and oxygen atoms in total. The van der Waals surface area contributed by atoms with E-state index in [1.165, 1.54) is 108 Å². The molecule has 0 atom stereocenters. The first-order valence-electron chi connectivity index (χ1n) is 14.4. The molecule has 0 rings (SSSR count). The van der Waals surface area contributed by atoms with Crippen molar-refractivity contribution < 1.29 is 13.3 Å². The molecule has 0 saturated heterocycles. The summed E-state index contributed by atoms with van der Waals surface area (Å²) in [5.74, 6) is 0. The molecule has 0 N–H and O–H groups in total. The van der Waals surface area contributed by atoms with Gasteiger partial charge in [-0.15, -0.1) is 0 Å². The molecule has 0 saturated carbocycles. The monoisotopic (exact) mass is 518 g/mol. The Labute approximate surface area is 212 Å². The van der Waals surface area contributed by atoms with Crippen LogP contribution in [0.4, 0.5) is 0 Å². The summed E-state index contributed by atoms with van der Waals surface area (Å²) < 4.78 is 17.9. The zero-order chi connectivity index (χ0) is 25.1. The van der Waals surface area contributed by atoms with Crippen LogP contribution in [0, 0.1) is 0 Å². The third kappa shape index (κ3) is 22.7. The molecule has 33 heavy (non-hydrogen) atoms. The van der Waals surface area contributed by atoms with Gasteiger partial charge in [-0.05, 0) is 70.8 Å². The summed E-state index contributed by atoms with van der Waals surface area (Å²) >= 11 is 0. The molecule has 0 spiro atoms. The van der Waals surface area contributed by atoms with Gasteiger partial charge < -0.3 is 13.3 Å². The third-order valence-electron chi connectivity index (χ3n) is 6.93. The van der Waals surface area contributed by atoms with E-state index in [1.54, 1.807) is 0 Å². The highest BCUT2D eigenvalue weighted by Gasteiger charge is 2.32. The van der Waals surface area contributed by atoms with Gasteiger partial charge >= 0.3 is 0 Å². The summed E-state index contributed by atoms with van der Waals surface area (Å²) in [5.41, 5.74) is 0. The molecular formula is C27H62O3Si3. The van der Waals surface area contributed by atoms with Crippen LogP contribution in [0.15, 0.2) is 0 Å². The molecule has 200 valence electrons. The van der Waals surface area contributed by atoms with Gasteiger partial charge in [0.25, 0.3) is 0 Å². The molecule has 0 unspecified atom stereocenters. The quantitative estimate of drug-likeness (QED) is 0.0939. The lowest BCUT2D eigenvalue weighted by atomic mass is 10.1. The SMILES string of the molecule is CCOCCCCCCCCCC[Si](C)(C)O[Si](C)(C)CCCCCCCC[Si](C)(C)OC. The lowest BCUT2D eigenvalue weighted by Gasteiger charge is -2.34. The lowest BCUT2D eigenvalue weighted by molar-refractivity contribution is 0.143. The maximum atomic E-state index is 6.87. The van der Waals surface area contributed by atoms with Crippen LogP contribution in [0.5, 0.6) is 0 Å². The minimum atomic E-state index is -1.50. The highest BCUT2D eigenvalue weighted by molar-refractivity contribution is 6.84.